The third kappa shape index (κ3) is 9.02. The lowest BCUT2D eigenvalue weighted by Crippen LogP contribution is -2.27. The first-order chi connectivity index (χ1) is 11.5. The predicted molar refractivity (Wildman–Crippen MR) is 98.6 cm³/mol. The van der Waals surface area contributed by atoms with E-state index < -0.39 is 27.7 Å². The molecule has 1 rings (SSSR count). The lowest BCUT2D eigenvalue weighted by atomic mass is 10.1. The van der Waals surface area contributed by atoms with Gasteiger partial charge in [0.2, 0.25) is 6.54 Å². The first-order valence-corrected chi connectivity index (χ1v) is 7.61. The van der Waals surface area contributed by atoms with Crippen LogP contribution in [0.1, 0.15) is 11.7 Å². The predicted octanol–water partition coefficient (Wildman–Crippen LogP) is 2.42. The first-order valence-electron chi connectivity index (χ1n) is 6.37. The SMILES string of the molecule is CN(C)C(=S)OC(C[N+](=O)[O-])c1cc([N+](=O)[O-])ccc1Cl.NC(=O)S. The molecular formula is C12H15ClN4O6S2. The molecule has 0 fully saturated rings. The number of ether oxygens (including phenoxy) is 1. The molecule has 1 aromatic carbocycles. The zero-order valence-corrected chi connectivity index (χ0v) is 15.6. The summed E-state index contributed by atoms with van der Waals surface area (Å²) in [6.45, 7) is -0.616. The minimum Gasteiger partial charge on any atom is -0.456 e. The topological polar surface area (TPSA) is 142 Å². The normalized spacial score (nSPS) is 10.7. The van der Waals surface area contributed by atoms with Gasteiger partial charge in [-0.1, -0.05) is 24.2 Å². The number of primary amides is 1. The summed E-state index contributed by atoms with van der Waals surface area (Å²) >= 11 is 14.0. The summed E-state index contributed by atoms with van der Waals surface area (Å²) in [5.41, 5.74) is 4.25. The summed E-state index contributed by atoms with van der Waals surface area (Å²) in [5, 5.41) is 21.1. The fourth-order valence-corrected chi connectivity index (χ4v) is 1.81. The lowest BCUT2D eigenvalue weighted by molar-refractivity contribution is -0.490. The largest absolute Gasteiger partial charge is 0.456 e. The van der Waals surface area contributed by atoms with Crippen LogP contribution in [0.4, 0.5) is 10.5 Å². The third-order valence-electron chi connectivity index (χ3n) is 2.46. The van der Waals surface area contributed by atoms with Gasteiger partial charge in [0, 0.05) is 41.7 Å². The molecule has 10 nitrogen and oxygen atoms in total. The number of carbonyl (C=O) groups is 1. The second-order valence-corrected chi connectivity index (χ2v) is 5.78. The number of rotatable bonds is 5. The molecule has 0 aliphatic heterocycles. The van der Waals surface area contributed by atoms with Crippen molar-refractivity contribution in [2.24, 2.45) is 5.73 Å². The number of amides is 1. The van der Waals surface area contributed by atoms with Crippen LogP contribution in [0.5, 0.6) is 0 Å². The van der Waals surface area contributed by atoms with Crippen molar-refractivity contribution < 1.29 is 19.4 Å². The Bertz CT molecular complexity index is 669. The maximum Gasteiger partial charge on any atom is 0.273 e. The minimum absolute atomic E-state index is 0.0180. The molecule has 1 atom stereocenters. The number of benzene rings is 1. The van der Waals surface area contributed by atoms with Gasteiger partial charge in [-0.15, -0.1) is 0 Å². The summed E-state index contributed by atoms with van der Waals surface area (Å²) in [6, 6.07) is 3.65. The Kier molecular flexibility index (Phi) is 9.71. The molecule has 0 aliphatic carbocycles. The van der Waals surface area contributed by atoms with Crippen LogP contribution in [-0.2, 0) is 4.74 Å². The fraction of sp³-hybridized carbons (Fsp3) is 0.333. The molecule has 1 unspecified atom stereocenters. The van der Waals surface area contributed by atoms with Gasteiger partial charge in [0.25, 0.3) is 16.1 Å². The zero-order valence-electron chi connectivity index (χ0n) is 13.1. The summed E-state index contributed by atoms with van der Waals surface area (Å²) in [4.78, 5) is 30.9. The number of halogens is 1. The van der Waals surface area contributed by atoms with Crippen LogP contribution in [-0.4, -0.2) is 45.8 Å². The van der Waals surface area contributed by atoms with Gasteiger partial charge >= 0.3 is 0 Å². The molecule has 1 amide bonds. The van der Waals surface area contributed by atoms with Crippen LogP contribution in [0, 0.1) is 20.2 Å². The molecule has 1 aromatic rings. The van der Waals surface area contributed by atoms with Gasteiger partial charge < -0.3 is 15.4 Å². The fourth-order valence-electron chi connectivity index (χ4n) is 1.45. The molecule has 0 saturated heterocycles. The highest BCUT2D eigenvalue weighted by molar-refractivity contribution is 7.96. The van der Waals surface area contributed by atoms with Gasteiger partial charge in [0.15, 0.2) is 6.10 Å². The number of nitro groups is 2. The maximum atomic E-state index is 10.8. The van der Waals surface area contributed by atoms with E-state index >= 15 is 0 Å². The Hall–Kier alpha value is -2.18. The minimum atomic E-state index is -1.11. The highest BCUT2D eigenvalue weighted by Gasteiger charge is 2.26. The van der Waals surface area contributed by atoms with Crippen molar-refractivity contribution in [3.8, 4) is 0 Å². The Labute approximate surface area is 158 Å². The maximum absolute atomic E-state index is 10.8. The molecule has 0 saturated carbocycles. The highest BCUT2D eigenvalue weighted by atomic mass is 35.5. The number of carbonyl (C=O) groups excluding carboxylic acids is 1. The first kappa shape index (κ1) is 22.8. The quantitative estimate of drug-likeness (QED) is 0.326. The van der Waals surface area contributed by atoms with Crippen molar-refractivity contribution in [3.63, 3.8) is 0 Å². The lowest BCUT2D eigenvalue weighted by Gasteiger charge is -2.21. The average molecular weight is 411 g/mol. The second-order valence-electron chi connectivity index (χ2n) is 4.58. The van der Waals surface area contributed by atoms with E-state index in [0.29, 0.717) is 0 Å². The van der Waals surface area contributed by atoms with E-state index in [-0.39, 0.29) is 21.4 Å². The van der Waals surface area contributed by atoms with E-state index in [1.165, 1.54) is 17.0 Å². The number of hydrogen-bond acceptors (Lipinski definition) is 7. The Morgan fingerprint density at radius 1 is 1.44 bits per heavy atom. The van der Waals surface area contributed by atoms with Crippen LogP contribution in [0.3, 0.4) is 0 Å². The molecule has 13 heteroatoms. The number of non-ortho nitro benzene ring substituents is 1. The van der Waals surface area contributed by atoms with Crippen LogP contribution >= 0.6 is 36.4 Å². The van der Waals surface area contributed by atoms with Gasteiger partial charge in [-0.25, -0.2) is 0 Å². The number of hydrogen-bond donors (Lipinski definition) is 2. The average Bonchev–Trinajstić information content (AvgIpc) is 2.45. The Balaban J connectivity index is 0.00000129. The van der Waals surface area contributed by atoms with Crippen LogP contribution in [0.2, 0.25) is 5.02 Å². The highest BCUT2D eigenvalue weighted by Crippen LogP contribution is 2.30. The van der Waals surface area contributed by atoms with E-state index in [9.17, 15) is 20.2 Å². The summed E-state index contributed by atoms with van der Waals surface area (Å²) in [6.07, 6.45) is -1.11. The van der Waals surface area contributed by atoms with Crippen LogP contribution < -0.4 is 5.73 Å². The van der Waals surface area contributed by atoms with Gasteiger partial charge in [-0.05, 0) is 18.3 Å². The number of nitrogens with two attached hydrogens (primary N) is 1. The van der Waals surface area contributed by atoms with Crippen molar-refractivity contribution >= 4 is 52.5 Å². The molecule has 0 radical (unpaired) electrons. The molecule has 0 aliphatic rings. The Morgan fingerprint density at radius 3 is 2.36 bits per heavy atom. The number of thiocarbonyl (C=S) groups is 1. The number of thiol groups is 1. The molecule has 2 N–H and O–H groups in total. The molecular weight excluding hydrogens is 396 g/mol. The molecule has 0 heterocycles. The van der Waals surface area contributed by atoms with Crippen molar-refractivity contribution in [2.75, 3.05) is 20.6 Å². The Morgan fingerprint density at radius 2 is 1.96 bits per heavy atom. The van der Waals surface area contributed by atoms with Crippen molar-refractivity contribution in [1.82, 2.24) is 4.90 Å². The van der Waals surface area contributed by atoms with E-state index in [0.717, 1.165) is 6.07 Å². The van der Waals surface area contributed by atoms with Gasteiger partial charge in [-0.3, -0.25) is 25.0 Å². The second kappa shape index (κ2) is 10.6. The number of nitro benzene ring substituents is 1. The van der Waals surface area contributed by atoms with Crippen molar-refractivity contribution in [1.29, 1.82) is 0 Å². The smallest absolute Gasteiger partial charge is 0.273 e. The van der Waals surface area contributed by atoms with Crippen LogP contribution in [0.15, 0.2) is 18.2 Å². The van der Waals surface area contributed by atoms with Crippen molar-refractivity contribution in [2.45, 2.75) is 6.10 Å². The standard InChI is InChI=1S/C11H12ClN3O5S.CH3NOS/c1-13(2)11(21)20-10(6-14(16)17)8-5-7(15(18)19)3-4-9(8)12;2-1(3)4/h3-5,10H,6H2,1-2H3;(H3,2,3,4). The van der Waals surface area contributed by atoms with Gasteiger partial charge in [-0.2, -0.15) is 0 Å². The molecule has 25 heavy (non-hydrogen) atoms. The molecule has 138 valence electrons. The zero-order chi connectivity index (χ0) is 19.7. The summed E-state index contributed by atoms with van der Waals surface area (Å²) < 4.78 is 5.33. The van der Waals surface area contributed by atoms with Gasteiger partial charge in [0.05, 0.1) is 4.92 Å². The van der Waals surface area contributed by atoms with Crippen LogP contribution in [0.25, 0.3) is 0 Å². The molecule has 0 aromatic heterocycles. The third-order valence-corrected chi connectivity index (χ3v) is 3.27. The monoisotopic (exact) mass is 410 g/mol. The molecule has 0 bridgehead atoms. The van der Waals surface area contributed by atoms with E-state index in [1.807, 2.05) is 0 Å². The van der Waals surface area contributed by atoms with Gasteiger partial charge in [0.1, 0.15) is 0 Å². The van der Waals surface area contributed by atoms with E-state index in [4.69, 9.17) is 33.4 Å². The summed E-state index contributed by atoms with van der Waals surface area (Å²) in [7, 11) is 3.22. The van der Waals surface area contributed by atoms with E-state index in [2.05, 4.69) is 18.4 Å². The van der Waals surface area contributed by atoms with Crippen molar-refractivity contribution in [3.05, 3.63) is 49.0 Å². The summed E-state index contributed by atoms with van der Waals surface area (Å²) in [5.74, 6) is 0. The number of nitrogens with zero attached hydrogens (tertiary/aromatic N) is 3. The van der Waals surface area contributed by atoms with E-state index in [1.54, 1.807) is 14.1 Å². The molecule has 0 spiro atoms.